The quantitative estimate of drug-likeness (QED) is 0.861. The topological polar surface area (TPSA) is 49.0 Å². The van der Waals surface area contributed by atoms with Gasteiger partial charge in [-0.15, -0.1) is 0 Å². The van der Waals surface area contributed by atoms with Crippen LogP contribution in [0.3, 0.4) is 0 Å². The summed E-state index contributed by atoms with van der Waals surface area (Å²) in [7, 11) is 3.33. The van der Waals surface area contributed by atoms with Gasteiger partial charge in [0.25, 0.3) is 0 Å². The molecule has 0 aromatic heterocycles. The molecule has 1 aromatic rings. The molecular formula is C15H23NO4. The van der Waals surface area contributed by atoms with Crippen LogP contribution in [0.2, 0.25) is 0 Å². The molecule has 1 aromatic carbocycles. The van der Waals surface area contributed by atoms with Gasteiger partial charge in [-0.2, -0.15) is 0 Å². The SMILES string of the molecule is CCNC(c1cc(OC)ccc1OC)C1COCCO1. The summed E-state index contributed by atoms with van der Waals surface area (Å²) in [6.07, 6.45) is -0.0234. The van der Waals surface area contributed by atoms with Crippen LogP contribution >= 0.6 is 0 Å². The van der Waals surface area contributed by atoms with E-state index in [1.807, 2.05) is 18.2 Å². The zero-order chi connectivity index (χ0) is 14.4. The number of ether oxygens (including phenoxy) is 4. The molecule has 112 valence electrons. The Balaban J connectivity index is 2.30. The van der Waals surface area contributed by atoms with E-state index in [-0.39, 0.29) is 12.1 Å². The molecule has 5 heteroatoms. The third-order valence-corrected chi connectivity index (χ3v) is 3.41. The molecule has 0 saturated carbocycles. The number of nitrogens with one attached hydrogen (secondary N) is 1. The smallest absolute Gasteiger partial charge is 0.124 e. The summed E-state index contributed by atoms with van der Waals surface area (Å²) in [6.45, 7) is 4.77. The summed E-state index contributed by atoms with van der Waals surface area (Å²) < 4.78 is 22.1. The van der Waals surface area contributed by atoms with E-state index >= 15 is 0 Å². The molecule has 1 N–H and O–H groups in total. The molecule has 20 heavy (non-hydrogen) atoms. The number of benzene rings is 1. The van der Waals surface area contributed by atoms with Gasteiger partial charge in [-0.25, -0.2) is 0 Å². The van der Waals surface area contributed by atoms with Crippen LogP contribution in [0.5, 0.6) is 11.5 Å². The van der Waals surface area contributed by atoms with Crippen molar-refractivity contribution in [2.45, 2.75) is 19.1 Å². The second-order valence-corrected chi connectivity index (χ2v) is 4.63. The molecule has 1 heterocycles. The van der Waals surface area contributed by atoms with Crippen LogP contribution in [0.25, 0.3) is 0 Å². The Kier molecular flexibility index (Phi) is 5.64. The van der Waals surface area contributed by atoms with Gasteiger partial charge < -0.3 is 24.3 Å². The second-order valence-electron chi connectivity index (χ2n) is 4.63. The molecule has 1 aliphatic rings. The zero-order valence-electron chi connectivity index (χ0n) is 12.3. The third-order valence-electron chi connectivity index (χ3n) is 3.41. The van der Waals surface area contributed by atoms with E-state index in [4.69, 9.17) is 18.9 Å². The molecule has 0 spiro atoms. The monoisotopic (exact) mass is 281 g/mol. The predicted octanol–water partition coefficient (Wildman–Crippen LogP) is 1.77. The second kappa shape index (κ2) is 7.47. The van der Waals surface area contributed by atoms with Gasteiger partial charge in [-0.3, -0.25) is 0 Å². The van der Waals surface area contributed by atoms with Crippen molar-refractivity contribution < 1.29 is 18.9 Å². The summed E-state index contributed by atoms with van der Waals surface area (Å²) in [5.74, 6) is 1.63. The highest BCUT2D eigenvalue weighted by atomic mass is 16.6. The lowest BCUT2D eigenvalue weighted by Gasteiger charge is -2.32. The minimum atomic E-state index is -0.0234. The fourth-order valence-electron chi connectivity index (χ4n) is 2.44. The first-order valence-electron chi connectivity index (χ1n) is 6.94. The van der Waals surface area contributed by atoms with Crippen molar-refractivity contribution >= 4 is 0 Å². The highest BCUT2D eigenvalue weighted by molar-refractivity contribution is 5.42. The fourth-order valence-corrected chi connectivity index (χ4v) is 2.44. The molecule has 1 fully saturated rings. The highest BCUT2D eigenvalue weighted by Crippen LogP contribution is 2.32. The van der Waals surface area contributed by atoms with Crippen LogP contribution in [0.4, 0.5) is 0 Å². The molecule has 5 nitrogen and oxygen atoms in total. The maximum absolute atomic E-state index is 5.84. The van der Waals surface area contributed by atoms with Crippen LogP contribution in [0, 0.1) is 0 Å². The van der Waals surface area contributed by atoms with Gasteiger partial charge in [-0.1, -0.05) is 6.92 Å². The molecule has 0 radical (unpaired) electrons. The number of likely N-dealkylation sites (N-methyl/N-ethyl adjacent to an activating group) is 1. The normalized spacial score (nSPS) is 20.4. The summed E-state index contributed by atoms with van der Waals surface area (Å²) in [6, 6.07) is 5.82. The molecular weight excluding hydrogens is 258 g/mol. The average Bonchev–Trinajstić information content (AvgIpc) is 2.53. The Morgan fingerprint density at radius 3 is 2.75 bits per heavy atom. The first-order valence-corrected chi connectivity index (χ1v) is 6.94. The maximum Gasteiger partial charge on any atom is 0.124 e. The zero-order valence-corrected chi connectivity index (χ0v) is 12.3. The van der Waals surface area contributed by atoms with E-state index in [2.05, 4.69) is 12.2 Å². The summed E-state index contributed by atoms with van der Waals surface area (Å²) in [5, 5.41) is 3.45. The molecule has 2 atom stereocenters. The molecule has 2 rings (SSSR count). The molecule has 2 unspecified atom stereocenters. The van der Waals surface area contributed by atoms with Gasteiger partial charge in [-0.05, 0) is 24.7 Å². The Morgan fingerprint density at radius 2 is 2.15 bits per heavy atom. The Hall–Kier alpha value is -1.30. The molecule has 0 amide bonds. The fraction of sp³-hybridized carbons (Fsp3) is 0.600. The molecule has 1 saturated heterocycles. The standard InChI is InChI=1S/C15H23NO4/c1-4-16-15(14-10-19-7-8-20-14)12-9-11(17-2)5-6-13(12)18-3/h5-6,9,14-16H,4,7-8,10H2,1-3H3. The number of hydrogen-bond donors (Lipinski definition) is 1. The maximum atomic E-state index is 5.84. The van der Waals surface area contributed by atoms with E-state index in [0.717, 1.165) is 23.6 Å². The van der Waals surface area contributed by atoms with Gasteiger partial charge in [0, 0.05) is 5.56 Å². The van der Waals surface area contributed by atoms with Crippen LogP contribution in [-0.2, 0) is 9.47 Å². The van der Waals surface area contributed by atoms with Crippen molar-refractivity contribution in [1.82, 2.24) is 5.32 Å². The predicted molar refractivity (Wildman–Crippen MR) is 76.5 cm³/mol. The van der Waals surface area contributed by atoms with E-state index in [9.17, 15) is 0 Å². The van der Waals surface area contributed by atoms with E-state index in [1.54, 1.807) is 14.2 Å². The van der Waals surface area contributed by atoms with Crippen molar-refractivity contribution in [3.05, 3.63) is 23.8 Å². The lowest BCUT2D eigenvalue weighted by molar-refractivity contribution is -0.102. The third kappa shape index (κ3) is 3.42. The van der Waals surface area contributed by atoms with Gasteiger partial charge in [0.1, 0.15) is 17.6 Å². The molecule has 1 aliphatic heterocycles. The van der Waals surface area contributed by atoms with Crippen molar-refractivity contribution in [1.29, 1.82) is 0 Å². The van der Waals surface area contributed by atoms with E-state index in [0.29, 0.717) is 19.8 Å². The van der Waals surface area contributed by atoms with Crippen molar-refractivity contribution in [3.63, 3.8) is 0 Å². The molecule has 0 bridgehead atoms. The lowest BCUT2D eigenvalue weighted by atomic mass is 9.99. The Labute approximate surface area is 120 Å². The first-order chi connectivity index (χ1) is 9.80. The lowest BCUT2D eigenvalue weighted by Crippen LogP contribution is -2.40. The van der Waals surface area contributed by atoms with Crippen molar-refractivity contribution in [2.75, 3.05) is 40.6 Å². The Bertz CT molecular complexity index is 418. The first kappa shape index (κ1) is 15.1. The highest BCUT2D eigenvalue weighted by Gasteiger charge is 2.28. The van der Waals surface area contributed by atoms with Crippen LogP contribution in [0.1, 0.15) is 18.5 Å². The number of rotatable bonds is 6. The van der Waals surface area contributed by atoms with Crippen LogP contribution < -0.4 is 14.8 Å². The van der Waals surface area contributed by atoms with Gasteiger partial charge >= 0.3 is 0 Å². The van der Waals surface area contributed by atoms with Crippen LogP contribution in [0.15, 0.2) is 18.2 Å². The summed E-state index contributed by atoms with van der Waals surface area (Å²) in [4.78, 5) is 0. The minimum Gasteiger partial charge on any atom is -0.497 e. The number of methoxy groups -OCH3 is 2. The van der Waals surface area contributed by atoms with E-state index < -0.39 is 0 Å². The summed E-state index contributed by atoms with van der Waals surface area (Å²) >= 11 is 0. The van der Waals surface area contributed by atoms with E-state index in [1.165, 1.54) is 0 Å². The molecule has 0 aliphatic carbocycles. The van der Waals surface area contributed by atoms with Crippen molar-refractivity contribution in [3.8, 4) is 11.5 Å². The van der Waals surface area contributed by atoms with Crippen LogP contribution in [-0.4, -0.2) is 46.7 Å². The number of hydrogen-bond acceptors (Lipinski definition) is 5. The van der Waals surface area contributed by atoms with Gasteiger partial charge in [0.2, 0.25) is 0 Å². The summed E-state index contributed by atoms with van der Waals surface area (Å²) in [5.41, 5.74) is 1.03. The average molecular weight is 281 g/mol. The minimum absolute atomic E-state index is 0.0188. The Morgan fingerprint density at radius 1 is 1.30 bits per heavy atom. The van der Waals surface area contributed by atoms with Gasteiger partial charge in [0.05, 0.1) is 40.1 Å². The largest absolute Gasteiger partial charge is 0.497 e. The van der Waals surface area contributed by atoms with Gasteiger partial charge in [0.15, 0.2) is 0 Å². The van der Waals surface area contributed by atoms with Crippen molar-refractivity contribution in [2.24, 2.45) is 0 Å².